The number of hydrogen-bond donors (Lipinski definition) is 4. The maximum absolute atomic E-state index is 11.6. The van der Waals surface area contributed by atoms with Crippen LogP contribution in [0.25, 0.3) is 0 Å². The van der Waals surface area contributed by atoms with E-state index in [0.29, 0.717) is 0 Å². The third-order valence-corrected chi connectivity index (χ3v) is 2.67. The van der Waals surface area contributed by atoms with Crippen molar-refractivity contribution < 1.29 is 19.8 Å². The highest BCUT2D eigenvalue weighted by molar-refractivity contribution is 7.13. The van der Waals surface area contributed by atoms with Gasteiger partial charge in [0.1, 0.15) is 11.3 Å². The lowest BCUT2D eigenvalue weighted by Gasteiger charge is -2.08. The minimum Gasteiger partial charge on any atom is -0.508 e. The number of aromatic carboxylic acids is 1. The number of carbonyl (C=O) groups excluding carboxylic acids is 1. The Morgan fingerprint density at radius 1 is 1.26 bits per heavy atom. The Kier molecular flexibility index (Phi) is 3.57. The van der Waals surface area contributed by atoms with Crippen LogP contribution < -0.4 is 10.6 Å². The lowest BCUT2D eigenvalue weighted by molar-refractivity contribution is 0.0697. The van der Waals surface area contributed by atoms with Crippen LogP contribution >= 0.6 is 11.3 Å². The number of hydrogen-bond acceptors (Lipinski definition) is 6. The second-order valence-electron chi connectivity index (χ2n) is 3.36. The van der Waals surface area contributed by atoms with Gasteiger partial charge < -0.3 is 15.5 Å². The van der Waals surface area contributed by atoms with Crippen LogP contribution in [0.2, 0.25) is 0 Å². The predicted molar refractivity (Wildman–Crippen MR) is 67.6 cm³/mol. The number of nitrogens with zero attached hydrogens (tertiary/aromatic N) is 2. The number of aromatic nitrogens is 2. The van der Waals surface area contributed by atoms with Crippen LogP contribution in [0.3, 0.4) is 0 Å². The molecule has 0 aliphatic rings. The van der Waals surface area contributed by atoms with E-state index in [-0.39, 0.29) is 22.1 Å². The third kappa shape index (κ3) is 3.16. The number of benzene rings is 1. The molecule has 0 unspecified atom stereocenters. The molecule has 1 heterocycles. The first-order valence-electron chi connectivity index (χ1n) is 4.97. The average Bonchev–Trinajstić information content (AvgIpc) is 2.83. The molecule has 0 bridgehead atoms. The lowest BCUT2D eigenvalue weighted by atomic mass is 10.1. The minimum atomic E-state index is -1.26. The molecular weight excluding hydrogens is 272 g/mol. The number of carboxylic acids is 1. The smallest absolute Gasteiger partial charge is 0.337 e. The van der Waals surface area contributed by atoms with Gasteiger partial charge in [-0.15, -0.1) is 10.2 Å². The molecule has 0 saturated heterocycles. The molecule has 0 aliphatic carbocycles. The van der Waals surface area contributed by atoms with Crippen molar-refractivity contribution in [3.8, 4) is 5.75 Å². The summed E-state index contributed by atoms with van der Waals surface area (Å²) in [6.45, 7) is 0. The van der Waals surface area contributed by atoms with Gasteiger partial charge in [0.25, 0.3) is 0 Å². The van der Waals surface area contributed by atoms with Gasteiger partial charge in [0.15, 0.2) is 0 Å². The quantitative estimate of drug-likeness (QED) is 0.633. The van der Waals surface area contributed by atoms with Gasteiger partial charge in [0, 0.05) is 0 Å². The summed E-state index contributed by atoms with van der Waals surface area (Å²) in [6, 6.07) is 2.96. The molecular formula is C10H8N4O4S. The van der Waals surface area contributed by atoms with Gasteiger partial charge in [-0.1, -0.05) is 11.3 Å². The SMILES string of the molecule is O=C(Nc1nncs1)Nc1ccc(O)cc1C(=O)O. The molecule has 2 amide bonds. The molecule has 0 atom stereocenters. The highest BCUT2D eigenvalue weighted by Crippen LogP contribution is 2.21. The molecule has 0 aliphatic heterocycles. The summed E-state index contributed by atoms with van der Waals surface area (Å²) < 4.78 is 0. The van der Waals surface area contributed by atoms with Crippen LogP contribution in [0.1, 0.15) is 10.4 Å². The first kappa shape index (κ1) is 12.8. The molecule has 0 spiro atoms. The molecule has 9 heteroatoms. The molecule has 1 aromatic carbocycles. The maximum Gasteiger partial charge on any atom is 0.337 e. The van der Waals surface area contributed by atoms with Gasteiger partial charge in [0.05, 0.1) is 11.3 Å². The van der Waals surface area contributed by atoms with E-state index in [1.54, 1.807) is 0 Å². The number of amides is 2. The van der Waals surface area contributed by atoms with Crippen LogP contribution in [-0.4, -0.2) is 32.4 Å². The molecule has 0 fully saturated rings. The Bertz CT molecular complexity index is 614. The number of nitrogens with one attached hydrogen (secondary N) is 2. The van der Waals surface area contributed by atoms with Gasteiger partial charge in [-0.05, 0) is 18.2 Å². The standard InChI is InChI=1S/C10H8N4O4S/c15-5-1-2-7(6(3-5)8(16)17)12-9(18)13-10-14-11-4-19-10/h1-4,15H,(H,16,17)(H2,12,13,14,18). The highest BCUT2D eigenvalue weighted by Gasteiger charge is 2.13. The van der Waals surface area contributed by atoms with E-state index in [2.05, 4.69) is 20.8 Å². The molecule has 2 aromatic rings. The van der Waals surface area contributed by atoms with Gasteiger partial charge in [-0.2, -0.15) is 0 Å². The van der Waals surface area contributed by atoms with Crippen LogP contribution in [0, 0.1) is 0 Å². The van der Waals surface area contributed by atoms with Crippen molar-refractivity contribution in [2.45, 2.75) is 0 Å². The monoisotopic (exact) mass is 280 g/mol. The van der Waals surface area contributed by atoms with E-state index in [9.17, 15) is 14.7 Å². The zero-order valence-electron chi connectivity index (χ0n) is 9.32. The number of carboxylic acid groups (broad SMARTS) is 1. The largest absolute Gasteiger partial charge is 0.508 e. The van der Waals surface area contributed by atoms with Crippen LogP contribution in [0.15, 0.2) is 23.7 Å². The zero-order chi connectivity index (χ0) is 13.8. The average molecular weight is 280 g/mol. The van der Waals surface area contributed by atoms with E-state index in [1.807, 2.05) is 0 Å². The van der Waals surface area contributed by atoms with Gasteiger partial charge in [-0.3, -0.25) is 5.32 Å². The Labute approximate surface area is 110 Å². The molecule has 8 nitrogen and oxygen atoms in total. The lowest BCUT2D eigenvalue weighted by Crippen LogP contribution is -2.20. The zero-order valence-corrected chi connectivity index (χ0v) is 10.1. The number of aromatic hydroxyl groups is 1. The summed E-state index contributed by atoms with van der Waals surface area (Å²) in [6.07, 6.45) is 0. The molecule has 1 aromatic heterocycles. The van der Waals surface area contributed by atoms with E-state index in [1.165, 1.54) is 17.6 Å². The molecule has 19 heavy (non-hydrogen) atoms. The Balaban J connectivity index is 2.14. The summed E-state index contributed by atoms with van der Waals surface area (Å²) in [5.41, 5.74) is 1.29. The van der Waals surface area contributed by atoms with Crippen molar-refractivity contribution in [2.75, 3.05) is 10.6 Å². The number of phenolic OH excluding ortho intramolecular Hbond substituents is 1. The topological polar surface area (TPSA) is 124 Å². The number of rotatable bonds is 3. The fraction of sp³-hybridized carbons (Fsp3) is 0. The summed E-state index contributed by atoms with van der Waals surface area (Å²) >= 11 is 1.12. The van der Waals surface area contributed by atoms with Gasteiger partial charge in [0.2, 0.25) is 5.13 Å². The molecule has 2 rings (SSSR count). The number of phenols is 1. The number of anilines is 2. The Morgan fingerprint density at radius 2 is 2.05 bits per heavy atom. The normalized spacial score (nSPS) is 9.89. The number of carbonyl (C=O) groups is 2. The maximum atomic E-state index is 11.6. The van der Waals surface area contributed by atoms with Crippen molar-refractivity contribution in [2.24, 2.45) is 0 Å². The first-order chi connectivity index (χ1) is 9.06. The second-order valence-corrected chi connectivity index (χ2v) is 4.19. The predicted octanol–water partition coefficient (Wildman–Crippen LogP) is 1.59. The van der Waals surface area contributed by atoms with E-state index in [4.69, 9.17) is 5.11 Å². The van der Waals surface area contributed by atoms with Crippen molar-refractivity contribution in [1.29, 1.82) is 0 Å². The van der Waals surface area contributed by atoms with E-state index < -0.39 is 12.0 Å². The Hall–Kier alpha value is -2.68. The van der Waals surface area contributed by atoms with Crippen molar-refractivity contribution in [3.05, 3.63) is 29.3 Å². The fourth-order valence-electron chi connectivity index (χ4n) is 1.30. The second kappa shape index (κ2) is 5.31. The third-order valence-electron chi connectivity index (χ3n) is 2.06. The van der Waals surface area contributed by atoms with Gasteiger partial charge >= 0.3 is 12.0 Å². The van der Waals surface area contributed by atoms with Crippen molar-refractivity contribution in [1.82, 2.24) is 10.2 Å². The van der Waals surface area contributed by atoms with Gasteiger partial charge in [-0.25, -0.2) is 9.59 Å². The molecule has 4 N–H and O–H groups in total. The first-order valence-corrected chi connectivity index (χ1v) is 5.84. The van der Waals surface area contributed by atoms with Crippen LogP contribution in [0.5, 0.6) is 5.75 Å². The summed E-state index contributed by atoms with van der Waals surface area (Å²) in [4.78, 5) is 22.6. The summed E-state index contributed by atoms with van der Waals surface area (Å²) in [5.74, 6) is -1.46. The molecule has 98 valence electrons. The number of urea groups is 1. The van der Waals surface area contributed by atoms with E-state index >= 15 is 0 Å². The van der Waals surface area contributed by atoms with Crippen LogP contribution in [0.4, 0.5) is 15.6 Å². The molecule has 0 radical (unpaired) electrons. The minimum absolute atomic E-state index is 0.0623. The Morgan fingerprint density at radius 3 is 2.68 bits per heavy atom. The fourth-order valence-corrected chi connectivity index (χ4v) is 1.74. The van der Waals surface area contributed by atoms with Crippen molar-refractivity contribution in [3.63, 3.8) is 0 Å². The van der Waals surface area contributed by atoms with E-state index in [0.717, 1.165) is 17.4 Å². The molecule has 0 saturated carbocycles. The van der Waals surface area contributed by atoms with Crippen molar-refractivity contribution >= 4 is 34.2 Å². The summed E-state index contributed by atoms with van der Waals surface area (Å²) in [7, 11) is 0. The highest BCUT2D eigenvalue weighted by atomic mass is 32.1. The summed E-state index contributed by atoms with van der Waals surface area (Å²) in [5, 5.41) is 30.4. The van der Waals surface area contributed by atoms with Crippen LogP contribution in [-0.2, 0) is 0 Å².